The molecule has 2 aliphatic heterocycles. The Morgan fingerprint density at radius 1 is 0.971 bits per heavy atom. The predicted octanol–water partition coefficient (Wildman–Crippen LogP) is 4.14. The van der Waals surface area contributed by atoms with Crippen molar-refractivity contribution in [3.8, 4) is 0 Å². The molecule has 4 heteroatoms. The van der Waals surface area contributed by atoms with E-state index in [-0.39, 0.29) is 0 Å². The maximum absolute atomic E-state index is 6.09. The van der Waals surface area contributed by atoms with E-state index in [2.05, 4.69) is 83.9 Å². The monoisotopic (exact) mass is 487 g/mol. The number of halogens is 1. The second-order valence-electron chi connectivity index (χ2n) is 10.3. The summed E-state index contributed by atoms with van der Waals surface area (Å²) < 4.78 is 0. The lowest BCUT2D eigenvalue weighted by atomic mass is 9.89. The Hall–Kier alpha value is -2.33. The zero-order valence-corrected chi connectivity index (χ0v) is 22.0. The molecule has 1 unspecified atom stereocenters. The maximum Gasteiger partial charge on any atom is 0.0413 e. The van der Waals surface area contributed by atoms with Crippen LogP contribution >= 0.6 is 11.6 Å². The van der Waals surface area contributed by atoms with Crippen molar-refractivity contribution in [1.82, 2.24) is 15.1 Å². The van der Waals surface area contributed by atoms with E-state index in [0.717, 1.165) is 11.4 Å². The lowest BCUT2D eigenvalue weighted by Crippen LogP contribution is -2.44. The van der Waals surface area contributed by atoms with Gasteiger partial charge in [-0.15, -0.1) is 0 Å². The molecular formula is C31H38ClN3. The first-order valence-electron chi connectivity index (χ1n) is 13.2. The Morgan fingerprint density at radius 3 is 2.60 bits per heavy atom. The van der Waals surface area contributed by atoms with Crippen LogP contribution in [0.25, 0.3) is 12.2 Å². The van der Waals surface area contributed by atoms with Gasteiger partial charge in [-0.25, -0.2) is 0 Å². The van der Waals surface area contributed by atoms with Crippen LogP contribution in [0.4, 0.5) is 0 Å². The molecule has 2 aromatic rings. The molecule has 1 atom stereocenters. The third-order valence-corrected chi connectivity index (χ3v) is 7.97. The molecule has 3 nitrogen and oxygen atoms in total. The van der Waals surface area contributed by atoms with E-state index in [9.17, 15) is 0 Å². The van der Waals surface area contributed by atoms with Gasteiger partial charge in [-0.3, -0.25) is 0 Å². The van der Waals surface area contributed by atoms with Gasteiger partial charge >= 0.3 is 0 Å². The van der Waals surface area contributed by atoms with Crippen LogP contribution in [0.5, 0.6) is 0 Å². The van der Waals surface area contributed by atoms with Crippen molar-refractivity contribution in [2.45, 2.75) is 45.1 Å². The Morgan fingerprint density at radius 2 is 1.80 bits per heavy atom. The quantitative estimate of drug-likeness (QED) is 0.702. The summed E-state index contributed by atoms with van der Waals surface area (Å²) in [6, 6.07) is 11.3. The van der Waals surface area contributed by atoms with Crippen molar-refractivity contribution >= 4 is 23.8 Å². The third kappa shape index (κ3) is 5.91. The number of nitrogens with one attached hydrogen (secondary N) is 1. The first-order valence-corrected chi connectivity index (χ1v) is 13.6. The average molecular weight is 488 g/mol. The molecule has 1 N–H and O–H groups in total. The van der Waals surface area contributed by atoms with Crippen LogP contribution in [-0.2, 0) is 12.8 Å². The number of hydrogen-bond acceptors (Lipinski definition) is 3. The predicted molar refractivity (Wildman–Crippen MR) is 149 cm³/mol. The highest BCUT2D eigenvalue weighted by atomic mass is 35.5. The fraction of sp³-hybridized carbons (Fsp3) is 0.419. The molecule has 0 amide bonds. The van der Waals surface area contributed by atoms with Gasteiger partial charge in [-0.2, -0.15) is 0 Å². The van der Waals surface area contributed by atoms with Crippen molar-refractivity contribution in [3.63, 3.8) is 0 Å². The summed E-state index contributed by atoms with van der Waals surface area (Å²) in [4.78, 5) is 4.96. The van der Waals surface area contributed by atoms with Gasteiger partial charge in [-0.1, -0.05) is 54.1 Å². The van der Waals surface area contributed by atoms with E-state index in [1.807, 2.05) is 6.07 Å². The summed E-state index contributed by atoms with van der Waals surface area (Å²) >= 11 is 6.09. The molecule has 4 aliphatic rings. The largest absolute Gasteiger partial charge is 0.385 e. The number of allylic oxidation sites excluding steroid dienone is 1. The van der Waals surface area contributed by atoms with Gasteiger partial charge in [-0.05, 0) is 95.8 Å². The Kier molecular flexibility index (Phi) is 7.77. The van der Waals surface area contributed by atoms with Gasteiger partial charge in [0.25, 0.3) is 0 Å². The van der Waals surface area contributed by atoms with Gasteiger partial charge in [0.15, 0.2) is 0 Å². The molecule has 6 rings (SSSR count). The first-order chi connectivity index (χ1) is 17.1. The summed E-state index contributed by atoms with van der Waals surface area (Å²) in [5, 5.41) is 9.65. The number of hydrogen-bond donors (Lipinski definition) is 1. The zero-order valence-electron chi connectivity index (χ0n) is 21.2. The molecule has 2 aliphatic carbocycles. The molecule has 0 aromatic heterocycles. The lowest BCUT2D eigenvalue weighted by Gasteiger charge is -2.32. The second kappa shape index (κ2) is 11.2. The molecule has 0 bridgehead atoms. The van der Waals surface area contributed by atoms with E-state index in [1.54, 1.807) is 5.56 Å². The molecule has 1 fully saturated rings. The van der Waals surface area contributed by atoms with Crippen LogP contribution in [0.2, 0.25) is 5.02 Å². The van der Waals surface area contributed by atoms with Crippen molar-refractivity contribution in [2.24, 2.45) is 0 Å². The summed E-state index contributed by atoms with van der Waals surface area (Å²) in [7, 11) is 2.20. The number of dihydropyridines is 1. The fourth-order valence-corrected chi connectivity index (χ4v) is 5.68. The number of rotatable bonds is 3. The van der Waals surface area contributed by atoms with Gasteiger partial charge in [0, 0.05) is 50.0 Å². The smallest absolute Gasteiger partial charge is 0.0413 e. The molecule has 35 heavy (non-hydrogen) atoms. The number of nitrogens with zero attached hydrogens (tertiary/aromatic N) is 2. The minimum Gasteiger partial charge on any atom is -0.385 e. The SMILES string of the molecule is CC1C=CC(CCN2CCN(C)CC2)=CN1.Clc1ccc2c(c1)=CCc1c3c(ccc1=2)=CCCC3. The van der Waals surface area contributed by atoms with Crippen LogP contribution in [-0.4, -0.2) is 55.6 Å². The molecule has 184 valence electrons. The highest BCUT2D eigenvalue weighted by Crippen LogP contribution is 2.18. The highest BCUT2D eigenvalue weighted by Gasteiger charge is 2.14. The van der Waals surface area contributed by atoms with Gasteiger partial charge < -0.3 is 15.1 Å². The zero-order chi connectivity index (χ0) is 24.2. The molecular weight excluding hydrogens is 450 g/mol. The van der Waals surface area contributed by atoms with Crippen molar-refractivity contribution < 1.29 is 0 Å². The molecule has 0 spiro atoms. The summed E-state index contributed by atoms with van der Waals surface area (Å²) in [5.41, 5.74) is 4.53. The summed E-state index contributed by atoms with van der Waals surface area (Å²) in [5.74, 6) is 0. The van der Waals surface area contributed by atoms with E-state index >= 15 is 0 Å². The van der Waals surface area contributed by atoms with Crippen LogP contribution in [0.3, 0.4) is 0 Å². The van der Waals surface area contributed by atoms with Crippen LogP contribution in [0, 0.1) is 10.4 Å². The van der Waals surface area contributed by atoms with Crippen molar-refractivity contribution in [3.05, 3.63) is 91.3 Å². The second-order valence-corrected chi connectivity index (χ2v) is 10.8. The number of fused-ring (bicyclic) bond motifs is 4. The number of piperazine rings is 1. The molecule has 1 saturated heterocycles. The van der Waals surface area contributed by atoms with E-state index in [4.69, 9.17) is 11.6 Å². The van der Waals surface area contributed by atoms with Gasteiger partial charge in [0.2, 0.25) is 0 Å². The van der Waals surface area contributed by atoms with Crippen molar-refractivity contribution in [2.75, 3.05) is 39.8 Å². The minimum absolute atomic E-state index is 0.493. The fourth-order valence-electron chi connectivity index (χ4n) is 5.50. The Bertz CT molecular complexity index is 1330. The minimum atomic E-state index is 0.493. The third-order valence-electron chi connectivity index (χ3n) is 7.74. The number of likely N-dealkylation sites (N-methyl/N-ethyl adjacent to an activating group) is 1. The normalized spacial score (nSPS) is 21.1. The molecule has 0 saturated carbocycles. The first kappa shape index (κ1) is 24.4. The lowest BCUT2D eigenvalue weighted by molar-refractivity contribution is 0.155. The van der Waals surface area contributed by atoms with Crippen LogP contribution in [0.15, 0.2) is 54.3 Å². The van der Waals surface area contributed by atoms with E-state index in [0.29, 0.717) is 6.04 Å². The van der Waals surface area contributed by atoms with E-state index in [1.165, 1.54) is 90.4 Å². The standard InChI is InChI=1S/C18H15Cl.C13H23N3/c19-14-7-10-16-13(11-14)6-9-17-15-4-2-1-3-12(15)5-8-18(16)17;1-12-3-4-13(11-14-12)5-6-16-9-7-15(2)8-10-16/h3,5-8,10-11H,1-2,4,9H2;3-4,11-12,14H,5-10H2,1-2H3. The Labute approximate surface area is 214 Å². The topological polar surface area (TPSA) is 18.5 Å². The average Bonchev–Trinajstić information content (AvgIpc) is 2.89. The summed E-state index contributed by atoms with van der Waals surface area (Å²) in [6.07, 6.45) is 17.3. The van der Waals surface area contributed by atoms with Gasteiger partial charge in [0.1, 0.15) is 0 Å². The molecule has 0 radical (unpaired) electrons. The van der Waals surface area contributed by atoms with Crippen LogP contribution < -0.4 is 15.8 Å². The summed E-state index contributed by atoms with van der Waals surface area (Å²) in [6.45, 7) is 8.23. The molecule has 2 aromatic carbocycles. The van der Waals surface area contributed by atoms with Gasteiger partial charge in [0.05, 0.1) is 0 Å². The van der Waals surface area contributed by atoms with Crippen molar-refractivity contribution in [1.29, 1.82) is 0 Å². The highest BCUT2D eigenvalue weighted by molar-refractivity contribution is 6.30. The molecule has 2 heterocycles. The maximum atomic E-state index is 6.09. The number of benzene rings is 2. The van der Waals surface area contributed by atoms with E-state index < -0.39 is 0 Å². The Balaban J connectivity index is 0.000000148. The van der Waals surface area contributed by atoms with Crippen LogP contribution in [0.1, 0.15) is 37.3 Å².